The highest BCUT2D eigenvalue weighted by Gasteiger charge is 2.07. The lowest BCUT2D eigenvalue weighted by molar-refractivity contribution is 0.422. The molecule has 0 spiro atoms. The van der Waals surface area contributed by atoms with E-state index in [0.29, 0.717) is 19.0 Å². The first-order chi connectivity index (χ1) is 12.7. The number of guanidine groups is 1. The smallest absolute Gasteiger partial charge is 0.191 e. The summed E-state index contributed by atoms with van der Waals surface area (Å²) in [5.74, 6) is 1.19. The van der Waals surface area contributed by atoms with Crippen molar-refractivity contribution in [3.8, 4) is 11.3 Å². The number of nitrogens with one attached hydrogen (secondary N) is 2. The van der Waals surface area contributed by atoms with Gasteiger partial charge in [0.05, 0.1) is 6.54 Å². The lowest BCUT2D eigenvalue weighted by atomic mass is 10.1. The highest BCUT2D eigenvalue weighted by atomic mass is 19.1. The molecule has 0 aliphatic heterocycles. The molecule has 2 N–H and O–H groups in total. The van der Waals surface area contributed by atoms with Crippen LogP contribution in [0.1, 0.15) is 11.3 Å². The van der Waals surface area contributed by atoms with Crippen LogP contribution in [0.5, 0.6) is 0 Å². The predicted molar refractivity (Wildman–Crippen MR) is 100 cm³/mol. The van der Waals surface area contributed by atoms with Crippen molar-refractivity contribution < 1.29 is 8.91 Å². The number of hydrogen-bond donors (Lipinski definition) is 2. The van der Waals surface area contributed by atoms with Gasteiger partial charge in [-0.1, -0.05) is 47.6 Å². The molecule has 3 rings (SSSR count). The van der Waals surface area contributed by atoms with E-state index >= 15 is 0 Å². The summed E-state index contributed by atoms with van der Waals surface area (Å²) in [5, 5.41) is 10.5. The topological polar surface area (TPSA) is 62.5 Å². The van der Waals surface area contributed by atoms with Crippen LogP contribution in [0.4, 0.5) is 4.39 Å². The maximum absolute atomic E-state index is 12.9. The van der Waals surface area contributed by atoms with E-state index in [1.165, 1.54) is 12.1 Å². The number of hydrogen-bond acceptors (Lipinski definition) is 3. The van der Waals surface area contributed by atoms with Crippen molar-refractivity contribution in [2.45, 2.75) is 13.0 Å². The Bertz CT molecular complexity index is 844. The molecule has 5 nitrogen and oxygen atoms in total. The number of aromatic nitrogens is 1. The first-order valence-electron chi connectivity index (χ1n) is 8.44. The van der Waals surface area contributed by atoms with Gasteiger partial charge in [0.2, 0.25) is 0 Å². The summed E-state index contributed by atoms with van der Waals surface area (Å²) in [4.78, 5) is 4.19. The minimum atomic E-state index is -0.221. The first-order valence-corrected chi connectivity index (χ1v) is 8.44. The van der Waals surface area contributed by atoms with Gasteiger partial charge in [-0.2, -0.15) is 0 Å². The summed E-state index contributed by atoms with van der Waals surface area (Å²) in [6, 6.07) is 18.3. The van der Waals surface area contributed by atoms with Crippen molar-refractivity contribution >= 4 is 5.96 Å². The lowest BCUT2D eigenvalue weighted by Gasteiger charge is -2.10. The molecule has 0 atom stereocenters. The molecule has 0 bridgehead atoms. The van der Waals surface area contributed by atoms with E-state index in [4.69, 9.17) is 4.52 Å². The van der Waals surface area contributed by atoms with Crippen molar-refractivity contribution in [3.05, 3.63) is 77.7 Å². The molecule has 0 aliphatic carbocycles. The van der Waals surface area contributed by atoms with Crippen molar-refractivity contribution in [2.24, 2.45) is 4.99 Å². The third kappa shape index (κ3) is 4.92. The fourth-order valence-electron chi connectivity index (χ4n) is 2.50. The zero-order valence-electron chi connectivity index (χ0n) is 14.6. The predicted octanol–water partition coefficient (Wildman–Crippen LogP) is 3.39. The zero-order chi connectivity index (χ0) is 18.2. The summed E-state index contributed by atoms with van der Waals surface area (Å²) in [6.45, 7) is 1.20. The van der Waals surface area contributed by atoms with Gasteiger partial charge in [-0.15, -0.1) is 0 Å². The molecule has 1 heterocycles. The van der Waals surface area contributed by atoms with E-state index in [-0.39, 0.29) is 5.82 Å². The number of rotatable bonds is 6. The van der Waals surface area contributed by atoms with Crippen LogP contribution in [0.2, 0.25) is 0 Å². The third-order valence-electron chi connectivity index (χ3n) is 3.90. The Balaban J connectivity index is 1.47. The Morgan fingerprint density at radius 3 is 2.58 bits per heavy atom. The third-order valence-corrected chi connectivity index (χ3v) is 3.90. The van der Waals surface area contributed by atoms with Gasteiger partial charge in [0.25, 0.3) is 0 Å². The van der Waals surface area contributed by atoms with Crippen LogP contribution in [0.3, 0.4) is 0 Å². The molecule has 0 unspecified atom stereocenters. The number of halogens is 1. The quantitative estimate of drug-likeness (QED) is 0.527. The van der Waals surface area contributed by atoms with E-state index in [1.807, 2.05) is 36.4 Å². The second-order valence-electron chi connectivity index (χ2n) is 5.78. The molecule has 0 amide bonds. The Kier molecular flexibility index (Phi) is 5.98. The largest absolute Gasteiger partial charge is 0.356 e. The SMILES string of the molecule is CN=C(NCCc1ccc(F)cc1)NCc1cc(-c2ccccc2)on1. The Labute approximate surface area is 151 Å². The van der Waals surface area contributed by atoms with Gasteiger partial charge < -0.3 is 15.2 Å². The van der Waals surface area contributed by atoms with E-state index in [1.54, 1.807) is 19.2 Å². The second kappa shape index (κ2) is 8.80. The molecule has 0 fully saturated rings. The fourth-order valence-corrected chi connectivity index (χ4v) is 2.50. The number of aliphatic imine (C=N–C) groups is 1. The number of benzene rings is 2. The van der Waals surface area contributed by atoms with Gasteiger partial charge >= 0.3 is 0 Å². The Morgan fingerprint density at radius 1 is 1.08 bits per heavy atom. The normalized spacial score (nSPS) is 11.4. The molecular formula is C20H21FN4O. The number of nitrogens with zero attached hydrogens (tertiary/aromatic N) is 2. The Morgan fingerprint density at radius 2 is 1.85 bits per heavy atom. The van der Waals surface area contributed by atoms with Crippen LogP contribution in [-0.4, -0.2) is 24.7 Å². The van der Waals surface area contributed by atoms with Crippen LogP contribution in [0, 0.1) is 5.82 Å². The van der Waals surface area contributed by atoms with E-state index in [9.17, 15) is 4.39 Å². The van der Waals surface area contributed by atoms with Crippen molar-refractivity contribution in [1.82, 2.24) is 15.8 Å². The molecule has 0 aliphatic rings. The monoisotopic (exact) mass is 352 g/mol. The average molecular weight is 352 g/mol. The van der Waals surface area contributed by atoms with Gasteiger partial charge in [0, 0.05) is 25.2 Å². The highest BCUT2D eigenvalue weighted by Crippen LogP contribution is 2.19. The highest BCUT2D eigenvalue weighted by molar-refractivity contribution is 5.79. The van der Waals surface area contributed by atoms with Gasteiger partial charge in [-0.05, 0) is 24.1 Å². The second-order valence-corrected chi connectivity index (χ2v) is 5.78. The molecule has 2 aromatic carbocycles. The van der Waals surface area contributed by atoms with Crippen LogP contribution >= 0.6 is 0 Å². The maximum Gasteiger partial charge on any atom is 0.191 e. The summed E-state index contributed by atoms with van der Waals surface area (Å²) in [7, 11) is 1.71. The van der Waals surface area contributed by atoms with E-state index in [2.05, 4.69) is 20.8 Å². The molecule has 134 valence electrons. The molecular weight excluding hydrogens is 331 g/mol. The molecule has 0 radical (unpaired) electrons. The molecule has 0 saturated heterocycles. The van der Waals surface area contributed by atoms with Crippen LogP contribution in [0.15, 0.2) is 70.2 Å². The van der Waals surface area contributed by atoms with Crippen molar-refractivity contribution in [3.63, 3.8) is 0 Å². The van der Waals surface area contributed by atoms with Crippen LogP contribution < -0.4 is 10.6 Å². The van der Waals surface area contributed by atoms with Gasteiger partial charge in [0.15, 0.2) is 11.7 Å². The first kappa shape index (κ1) is 17.7. The summed E-state index contributed by atoms with van der Waals surface area (Å²) in [6.07, 6.45) is 0.781. The molecule has 26 heavy (non-hydrogen) atoms. The summed E-state index contributed by atoms with van der Waals surface area (Å²) < 4.78 is 18.3. The lowest BCUT2D eigenvalue weighted by Crippen LogP contribution is -2.37. The average Bonchev–Trinajstić information content (AvgIpc) is 3.16. The molecule has 0 saturated carbocycles. The minimum absolute atomic E-state index is 0.221. The molecule has 6 heteroatoms. The zero-order valence-corrected chi connectivity index (χ0v) is 14.6. The summed E-state index contributed by atoms with van der Waals surface area (Å²) >= 11 is 0. The van der Waals surface area contributed by atoms with E-state index < -0.39 is 0 Å². The van der Waals surface area contributed by atoms with E-state index in [0.717, 1.165) is 29.0 Å². The van der Waals surface area contributed by atoms with Gasteiger partial charge in [0.1, 0.15) is 11.5 Å². The maximum atomic E-state index is 12.9. The van der Waals surface area contributed by atoms with Gasteiger partial charge in [-0.25, -0.2) is 4.39 Å². The Hall–Kier alpha value is -3.15. The van der Waals surface area contributed by atoms with Crippen molar-refractivity contribution in [2.75, 3.05) is 13.6 Å². The fraction of sp³-hybridized carbons (Fsp3) is 0.200. The van der Waals surface area contributed by atoms with Crippen molar-refractivity contribution in [1.29, 1.82) is 0 Å². The van der Waals surface area contributed by atoms with Crippen LogP contribution in [-0.2, 0) is 13.0 Å². The summed E-state index contributed by atoms with van der Waals surface area (Å²) in [5.41, 5.74) is 2.86. The standard InChI is InChI=1S/C20H21FN4O/c1-22-20(23-12-11-15-7-9-17(21)10-8-15)24-14-18-13-19(26-25-18)16-5-3-2-4-6-16/h2-10,13H,11-12,14H2,1H3,(H2,22,23,24). The van der Waals surface area contributed by atoms with Crippen LogP contribution in [0.25, 0.3) is 11.3 Å². The molecule has 3 aromatic rings. The minimum Gasteiger partial charge on any atom is -0.356 e. The molecule has 1 aromatic heterocycles. The van der Waals surface area contributed by atoms with Gasteiger partial charge in [-0.3, -0.25) is 4.99 Å².